The Morgan fingerprint density at radius 3 is 3.07 bits per heavy atom. The number of aliphatic imine (C=N–C) groups is 1. The minimum absolute atomic E-state index is 0.0198. The first-order valence-corrected chi connectivity index (χ1v) is 4.77. The lowest BCUT2D eigenvalue weighted by molar-refractivity contribution is 0.275. The average Bonchev–Trinajstić information content (AvgIpc) is 2.67. The van der Waals surface area contributed by atoms with Gasteiger partial charge in [0.15, 0.2) is 0 Å². The molecule has 1 aromatic heterocycles. The van der Waals surface area contributed by atoms with Crippen LogP contribution in [0.25, 0.3) is 0 Å². The van der Waals surface area contributed by atoms with Crippen LogP contribution in [0.4, 0.5) is 0 Å². The van der Waals surface area contributed by atoms with Crippen LogP contribution in [0.15, 0.2) is 36.0 Å². The van der Waals surface area contributed by atoms with Gasteiger partial charge in [-0.3, -0.25) is 4.99 Å². The van der Waals surface area contributed by atoms with Crippen molar-refractivity contribution in [1.82, 2.24) is 4.57 Å². The van der Waals surface area contributed by atoms with E-state index >= 15 is 0 Å². The molecule has 1 heterocycles. The van der Waals surface area contributed by atoms with Gasteiger partial charge in [0.25, 0.3) is 0 Å². The molecule has 0 atom stereocenters. The van der Waals surface area contributed by atoms with Crippen molar-refractivity contribution in [2.75, 3.05) is 6.54 Å². The summed E-state index contributed by atoms with van der Waals surface area (Å²) in [5, 5.41) is 9.07. The molecule has 1 rings (SSSR count). The summed E-state index contributed by atoms with van der Waals surface area (Å²) in [5.74, 6) is 0.793. The normalized spacial score (nSPS) is 11.7. The molecule has 0 bridgehead atoms. The Labute approximate surface area is 84.4 Å². The molecule has 1 aromatic rings. The lowest BCUT2D eigenvalue weighted by atomic mass is 10.4. The van der Waals surface area contributed by atoms with Gasteiger partial charge in [0.2, 0.25) is 0 Å². The molecule has 0 aromatic carbocycles. The molecular weight excluding hydrogens is 176 g/mol. The van der Waals surface area contributed by atoms with E-state index in [4.69, 9.17) is 5.11 Å². The Bertz CT molecular complexity index is 326. The quantitative estimate of drug-likeness (QED) is 0.573. The van der Waals surface area contributed by atoms with Gasteiger partial charge in [0.1, 0.15) is 5.84 Å². The van der Waals surface area contributed by atoms with E-state index in [1.54, 1.807) is 6.08 Å². The van der Waals surface area contributed by atoms with Gasteiger partial charge < -0.3 is 9.67 Å². The van der Waals surface area contributed by atoms with Crippen LogP contribution in [0.5, 0.6) is 0 Å². The molecule has 0 aliphatic carbocycles. The Hall–Kier alpha value is -1.35. The zero-order valence-electron chi connectivity index (χ0n) is 8.48. The maximum Gasteiger partial charge on any atom is 0.131 e. The SMILES string of the molecule is C=CC(=NCCC)n1cccc1CO. The van der Waals surface area contributed by atoms with Crippen molar-refractivity contribution < 1.29 is 5.11 Å². The fourth-order valence-corrected chi connectivity index (χ4v) is 1.23. The van der Waals surface area contributed by atoms with Crippen LogP contribution in [0.3, 0.4) is 0 Å². The van der Waals surface area contributed by atoms with Crippen molar-refractivity contribution >= 4 is 5.84 Å². The summed E-state index contributed by atoms with van der Waals surface area (Å²) in [6.07, 6.45) is 4.59. The summed E-state index contributed by atoms with van der Waals surface area (Å²) < 4.78 is 1.85. The standard InChI is InChI=1S/C11H16N2O/c1-3-7-12-11(4-2)13-8-5-6-10(13)9-14/h4-6,8,14H,2-3,7,9H2,1H3. The summed E-state index contributed by atoms with van der Waals surface area (Å²) in [5.41, 5.74) is 0.833. The second kappa shape index (κ2) is 5.40. The van der Waals surface area contributed by atoms with E-state index in [-0.39, 0.29) is 6.61 Å². The molecule has 0 unspecified atom stereocenters. The largest absolute Gasteiger partial charge is 0.390 e. The van der Waals surface area contributed by atoms with Crippen molar-refractivity contribution in [3.8, 4) is 0 Å². The predicted molar refractivity (Wildman–Crippen MR) is 58.5 cm³/mol. The monoisotopic (exact) mass is 192 g/mol. The van der Waals surface area contributed by atoms with Crippen LogP contribution in [-0.2, 0) is 6.61 Å². The highest BCUT2D eigenvalue weighted by Crippen LogP contribution is 2.03. The molecule has 3 nitrogen and oxygen atoms in total. The van der Waals surface area contributed by atoms with Crippen molar-refractivity contribution in [1.29, 1.82) is 0 Å². The number of aromatic nitrogens is 1. The fourth-order valence-electron chi connectivity index (χ4n) is 1.23. The highest BCUT2D eigenvalue weighted by atomic mass is 16.3. The Balaban J connectivity index is 2.94. The number of allylic oxidation sites excluding steroid dienone is 1. The average molecular weight is 192 g/mol. The van der Waals surface area contributed by atoms with Crippen LogP contribution >= 0.6 is 0 Å². The molecule has 0 saturated carbocycles. The molecule has 0 amide bonds. The van der Waals surface area contributed by atoms with Gasteiger partial charge in [-0.25, -0.2) is 0 Å². The van der Waals surface area contributed by atoms with E-state index in [0.717, 1.165) is 24.5 Å². The molecular formula is C11H16N2O. The minimum atomic E-state index is 0.0198. The fraction of sp³-hybridized carbons (Fsp3) is 0.364. The smallest absolute Gasteiger partial charge is 0.131 e. The molecule has 0 aliphatic heterocycles. The lowest BCUT2D eigenvalue weighted by Gasteiger charge is -2.06. The Morgan fingerprint density at radius 1 is 1.71 bits per heavy atom. The number of aliphatic hydroxyl groups is 1. The minimum Gasteiger partial charge on any atom is -0.390 e. The van der Waals surface area contributed by atoms with Gasteiger partial charge in [-0.05, 0) is 24.6 Å². The number of hydrogen-bond acceptors (Lipinski definition) is 2. The molecule has 0 spiro atoms. The maximum atomic E-state index is 9.07. The third-order valence-electron chi connectivity index (χ3n) is 1.92. The van der Waals surface area contributed by atoms with Crippen molar-refractivity contribution in [3.05, 3.63) is 36.7 Å². The third kappa shape index (κ3) is 2.33. The van der Waals surface area contributed by atoms with Gasteiger partial charge >= 0.3 is 0 Å². The van der Waals surface area contributed by atoms with E-state index < -0.39 is 0 Å². The topological polar surface area (TPSA) is 37.5 Å². The zero-order valence-corrected chi connectivity index (χ0v) is 8.48. The van der Waals surface area contributed by atoms with Crippen LogP contribution in [0, 0.1) is 0 Å². The van der Waals surface area contributed by atoms with Gasteiger partial charge in [0, 0.05) is 18.4 Å². The van der Waals surface area contributed by atoms with E-state index in [9.17, 15) is 0 Å². The van der Waals surface area contributed by atoms with E-state index in [1.807, 2.05) is 22.9 Å². The van der Waals surface area contributed by atoms with Crippen molar-refractivity contribution in [2.45, 2.75) is 20.0 Å². The van der Waals surface area contributed by atoms with E-state index in [1.165, 1.54) is 0 Å². The second-order valence-corrected chi connectivity index (χ2v) is 2.97. The molecule has 14 heavy (non-hydrogen) atoms. The van der Waals surface area contributed by atoms with Crippen molar-refractivity contribution in [3.63, 3.8) is 0 Å². The van der Waals surface area contributed by atoms with Crippen LogP contribution in [0.2, 0.25) is 0 Å². The molecule has 3 heteroatoms. The molecule has 0 aliphatic rings. The van der Waals surface area contributed by atoms with Gasteiger partial charge in [-0.1, -0.05) is 13.5 Å². The second-order valence-electron chi connectivity index (χ2n) is 2.97. The zero-order chi connectivity index (χ0) is 10.4. The molecule has 76 valence electrons. The van der Waals surface area contributed by atoms with Crippen LogP contribution in [0.1, 0.15) is 19.0 Å². The number of aliphatic hydroxyl groups excluding tert-OH is 1. The summed E-state index contributed by atoms with van der Waals surface area (Å²) in [6.45, 7) is 6.59. The highest BCUT2D eigenvalue weighted by Gasteiger charge is 2.02. The van der Waals surface area contributed by atoms with Gasteiger partial charge in [0.05, 0.1) is 6.61 Å². The summed E-state index contributed by atoms with van der Waals surface area (Å²) in [6, 6.07) is 3.75. The molecule has 0 saturated heterocycles. The van der Waals surface area contributed by atoms with Gasteiger partial charge in [-0.2, -0.15) is 0 Å². The number of nitrogens with zero attached hydrogens (tertiary/aromatic N) is 2. The summed E-state index contributed by atoms with van der Waals surface area (Å²) in [7, 11) is 0. The first-order chi connectivity index (χ1) is 6.83. The summed E-state index contributed by atoms with van der Waals surface area (Å²) >= 11 is 0. The first kappa shape index (κ1) is 10.7. The predicted octanol–water partition coefficient (Wildman–Crippen LogP) is 1.82. The Kier molecular flexibility index (Phi) is 4.13. The van der Waals surface area contributed by atoms with Gasteiger partial charge in [-0.15, -0.1) is 0 Å². The molecule has 0 radical (unpaired) electrons. The lowest BCUT2D eigenvalue weighted by Crippen LogP contribution is -2.11. The highest BCUT2D eigenvalue weighted by molar-refractivity contribution is 5.94. The molecule has 0 fully saturated rings. The number of hydrogen-bond donors (Lipinski definition) is 1. The molecule has 1 N–H and O–H groups in total. The first-order valence-electron chi connectivity index (χ1n) is 4.77. The number of rotatable bonds is 4. The maximum absolute atomic E-state index is 9.07. The van der Waals surface area contributed by atoms with Crippen LogP contribution in [-0.4, -0.2) is 22.1 Å². The van der Waals surface area contributed by atoms with Crippen LogP contribution < -0.4 is 0 Å². The van der Waals surface area contributed by atoms with E-state index in [2.05, 4.69) is 18.5 Å². The van der Waals surface area contributed by atoms with E-state index in [0.29, 0.717) is 0 Å². The Morgan fingerprint density at radius 2 is 2.50 bits per heavy atom. The summed E-state index contributed by atoms with van der Waals surface area (Å²) in [4.78, 5) is 4.36. The third-order valence-corrected chi connectivity index (χ3v) is 1.92. The van der Waals surface area contributed by atoms with Crippen molar-refractivity contribution in [2.24, 2.45) is 4.99 Å².